The molecule has 21 heavy (non-hydrogen) atoms. The van der Waals surface area contributed by atoms with Crippen molar-refractivity contribution in [2.75, 3.05) is 33.3 Å². The predicted octanol–water partition coefficient (Wildman–Crippen LogP) is 3.36. The van der Waals surface area contributed by atoms with Crippen molar-refractivity contribution in [2.45, 2.75) is 38.6 Å². The Hall–Kier alpha value is -1.13. The molecular weight excluding hydrogens is 267 g/mol. The van der Waals surface area contributed by atoms with Gasteiger partial charge in [0.2, 0.25) is 0 Å². The molecule has 4 heteroatoms. The highest BCUT2D eigenvalue weighted by Gasteiger charge is 2.16. The summed E-state index contributed by atoms with van der Waals surface area (Å²) in [5.74, 6) is 0.411. The third kappa shape index (κ3) is 4.68. The van der Waals surface area contributed by atoms with Crippen LogP contribution in [0.5, 0.6) is 5.75 Å². The molecule has 2 rings (SSSR count). The van der Waals surface area contributed by atoms with Crippen LogP contribution < -0.4 is 10.1 Å². The number of rotatable bonds is 6. The SMILES string of the molecule is COc1cccc(F)c1C(C)NCCN1CCCCCC1. The van der Waals surface area contributed by atoms with Crippen molar-refractivity contribution in [3.8, 4) is 5.75 Å². The van der Waals surface area contributed by atoms with Gasteiger partial charge in [-0.15, -0.1) is 0 Å². The molecule has 1 aromatic rings. The molecule has 0 amide bonds. The minimum Gasteiger partial charge on any atom is -0.496 e. The molecule has 1 heterocycles. The zero-order valence-corrected chi connectivity index (χ0v) is 13.2. The zero-order chi connectivity index (χ0) is 15.1. The maximum atomic E-state index is 14.0. The first kappa shape index (κ1) is 16.2. The zero-order valence-electron chi connectivity index (χ0n) is 13.2. The first-order valence-corrected chi connectivity index (χ1v) is 8.00. The summed E-state index contributed by atoms with van der Waals surface area (Å²) in [6.07, 6.45) is 5.31. The van der Waals surface area contributed by atoms with Crippen LogP contribution in [0.3, 0.4) is 0 Å². The second kappa shape index (κ2) is 8.35. The maximum absolute atomic E-state index is 14.0. The van der Waals surface area contributed by atoms with Gasteiger partial charge in [0.05, 0.1) is 7.11 Å². The summed E-state index contributed by atoms with van der Waals surface area (Å²) in [5, 5.41) is 3.42. The number of hydrogen-bond donors (Lipinski definition) is 1. The van der Waals surface area contributed by atoms with Gasteiger partial charge in [0.25, 0.3) is 0 Å². The largest absolute Gasteiger partial charge is 0.496 e. The summed E-state index contributed by atoms with van der Waals surface area (Å²) in [6, 6.07) is 4.94. The molecule has 1 aromatic carbocycles. The molecule has 1 aliphatic rings. The van der Waals surface area contributed by atoms with E-state index in [0.717, 1.165) is 13.1 Å². The van der Waals surface area contributed by atoms with E-state index in [9.17, 15) is 4.39 Å². The summed E-state index contributed by atoms with van der Waals surface area (Å²) >= 11 is 0. The van der Waals surface area contributed by atoms with Crippen molar-refractivity contribution in [3.63, 3.8) is 0 Å². The first-order chi connectivity index (χ1) is 10.2. The molecule has 0 aliphatic carbocycles. The van der Waals surface area contributed by atoms with Crippen LogP contribution in [-0.2, 0) is 0 Å². The van der Waals surface area contributed by atoms with Crippen molar-refractivity contribution >= 4 is 0 Å². The van der Waals surface area contributed by atoms with Crippen molar-refractivity contribution in [1.29, 1.82) is 0 Å². The fourth-order valence-corrected chi connectivity index (χ4v) is 3.02. The fourth-order valence-electron chi connectivity index (χ4n) is 3.02. The van der Waals surface area contributed by atoms with Crippen LogP contribution in [0.1, 0.15) is 44.2 Å². The normalized spacial score (nSPS) is 18.2. The summed E-state index contributed by atoms with van der Waals surface area (Å²) in [7, 11) is 1.59. The Morgan fingerprint density at radius 3 is 2.62 bits per heavy atom. The Bertz CT molecular complexity index is 431. The third-order valence-corrected chi connectivity index (χ3v) is 4.24. The molecule has 1 aliphatic heterocycles. The Morgan fingerprint density at radius 1 is 1.24 bits per heavy atom. The topological polar surface area (TPSA) is 24.5 Å². The first-order valence-electron chi connectivity index (χ1n) is 8.00. The number of nitrogens with one attached hydrogen (secondary N) is 1. The van der Waals surface area contributed by atoms with Gasteiger partial charge in [-0.05, 0) is 45.0 Å². The summed E-state index contributed by atoms with van der Waals surface area (Å²) in [5.41, 5.74) is 0.621. The average Bonchev–Trinajstić information content (AvgIpc) is 2.75. The van der Waals surface area contributed by atoms with E-state index in [0.29, 0.717) is 11.3 Å². The van der Waals surface area contributed by atoms with E-state index in [-0.39, 0.29) is 11.9 Å². The average molecular weight is 294 g/mol. The fraction of sp³-hybridized carbons (Fsp3) is 0.647. The highest BCUT2D eigenvalue weighted by atomic mass is 19.1. The van der Waals surface area contributed by atoms with Gasteiger partial charge in [0.1, 0.15) is 11.6 Å². The maximum Gasteiger partial charge on any atom is 0.131 e. The van der Waals surface area contributed by atoms with Gasteiger partial charge in [-0.2, -0.15) is 0 Å². The molecule has 118 valence electrons. The molecule has 0 saturated carbocycles. The predicted molar refractivity (Wildman–Crippen MR) is 84.3 cm³/mol. The van der Waals surface area contributed by atoms with E-state index in [4.69, 9.17) is 4.74 Å². The van der Waals surface area contributed by atoms with Crippen LogP contribution in [0.15, 0.2) is 18.2 Å². The van der Waals surface area contributed by atoms with E-state index in [1.54, 1.807) is 13.2 Å². The van der Waals surface area contributed by atoms with Crippen molar-refractivity contribution in [3.05, 3.63) is 29.6 Å². The van der Waals surface area contributed by atoms with Crippen LogP contribution in [0, 0.1) is 5.82 Å². The Kier molecular flexibility index (Phi) is 6.46. The lowest BCUT2D eigenvalue weighted by Gasteiger charge is -2.22. The van der Waals surface area contributed by atoms with E-state index in [1.807, 2.05) is 13.0 Å². The van der Waals surface area contributed by atoms with Crippen LogP contribution in [0.2, 0.25) is 0 Å². The summed E-state index contributed by atoms with van der Waals surface area (Å²) in [6.45, 7) is 6.28. The second-order valence-electron chi connectivity index (χ2n) is 5.79. The van der Waals surface area contributed by atoms with Crippen molar-refractivity contribution < 1.29 is 9.13 Å². The molecule has 0 bridgehead atoms. The number of methoxy groups -OCH3 is 1. The van der Waals surface area contributed by atoms with Crippen molar-refractivity contribution in [2.24, 2.45) is 0 Å². The molecule has 1 N–H and O–H groups in total. The standard InChI is InChI=1S/C17H27FN2O/c1-14(17-15(18)8-7-9-16(17)21-2)19-10-13-20-11-5-3-4-6-12-20/h7-9,14,19H,3-6,10-13H2,1-2H3. The molecule has 1 unspecified atom stereocenters. The van der Waals surface area contributed by atoms with Gasteiger partial charge in [-0.3, -0.25) is 0 Å². The Balaban J connectivity index is 1.85. The molecule has 1 saturated heterocycles. The Morgan fingerprint density at radius 2 is 1.95 bits per heavy atom. The van der Waals surface area contributed by atoms with Gasteiger partial charge in [0.15, 0.2) is 0 Å². The third-order valence-electron chi connectivity index (χ3n) is 4.24. The smallest absolute Gasteiger partial charge is 0.131 e. The van der Waals surface area contributed by atoms with Crippen LogP contribution in [0.4, 0.5) is 4.39 Å². The van der Waals surface area contributed by atoms with E-state index >= 15 is 0 Å². The molecule has 3 nitrogen and oxygen atoms in total. The number of likely N-dealkylation sites (tertiary alicyclic amines) is 1. The molecule has 0 aromatic heterocycles. The lowest BCUT2D eigenvalue weighted by molar-refractivity contribution is 0.279. The van der Waals surface area contributed by atoms with E-state index in [1.165, 1.54) is 44.8 Å². The molecule has 1 atom stereocenters. The van der Waals surface area contributed by atoms with E-state index < -0.39 is 0 Å². The molecule has 0 radical (unpaired) electrons. The Labute approximate surface area is 127 Å². The van der Waals surface area contributed by atoms with Crippen LogP contribution in [0.25, 0.3) is 0 Å². The van der Waals surface area contributed by atoms with E-state index in [2.05, 4.69) is 10.2 Å². The lowest BCUT2D eigenvalue weighted by Crippen LogP contribution is -2.34. The molecular formula is C17H27FN2O. The van der Waals surface area contributed by atoms with Crippen LogP contribution >= 0.6 is 0 Å². The van der Waals surface area contributed by atoms with Gasteiger partial charge < -0.3 is 15.0 Å². The van der Waals surface area contributed by atoms with Gasteiger partial charge in [0, 0.05) is 24.7 Å². The molecule has 1 fully saturated rings. The monoisotopic (exact) mass is 294 g/mol. The summed E-state index contributed by atoms with van der Waals surface area (Å²) in [4.78, 5) is 2.51. The van der Waals surface area contributed by atoms with Crippen LogP contribution in [-0.4, -0.2) is 38.2 Å². The highest BCUT2D eigenvalue weighted by molar-refractivity contribution is 5.36. The number of ether oxygens (including phenoxy) is 1. The van der Waals surface area contributed by atoms with Gasteiger partial charge in [-0.1, -0.05) is 18.9 Å². The number of benzene rings is 1. The number of nitrogens with zero attached hydrogens (tertiary/aromatic N) is 1. The van der Waals surface area contributed by atoms with Gasteiger partial charge >= 0.3 is 0 Å². The highest BCUT2D eigenvalue weighted by Crippen LogP contribution is 2.27. The summed E-state index contributed by atoms with van der Waals surface area (Å²) < 4.78 is 19.3. The van der Waals surface area contributed by atoms with Gasteiger partial charge in [-0.25, -0.2) is 4.39 Å². The quantitative estimate of drug-likeness (QED) is 0.870. The molecule has 0 spiro atoms. The second-order valence-corrected chi connectivity index (χ2v) is 5.79. The number of halogens is 1. The lowest BCUT2D eigenvalue weighted by atomic mass is 10.1. The minimum absolute atomic E-state index is 0.0480. The number of hydrogen-bond acceptors (Lipinski definition) is 3. The van der Waals surface area contributed by atoms with Crippen molar-refractivity contribution in [1.82, 2.24) is 10.2 Å². The minimum atomic E-state index is -0.205.